The molecule has 1 aromatic carbocycles. The minimum absolute atomic E-state index is 0.0420. The smallest absolute Gasteiger partial charge is 0.243 e. The van der Waals surface area contributed by atoms with Crippen molar-refractivity contribution < 1.29 is 13.2 Å². The minimum atomic E-state index is -3.49. The number of carbonyl (C=O) groups excluding carboxylic acids is 1. The zero-order valence-corrected chi connectivity index (χ0v) is 20.6. The molecule has 8 heteroatoms. The highest BCUT2D eigenvalue weighted by Gasteiger charge is 2.26. The predicted molar refractivity (Wildman–Crippen MR) is 128 cm³/mol. The summed E-state index contributed by atoms with van der Waals surface area (Å²) in [5, 5.41) is 3.07. The van der Waals surface area contributed by atoms with Crippen LogP contribution < -0.4 is 5.32 Å². The summed E-state index contributed by atoms with van der Waals surface area (Å²) in [6, 6.07) is 5.16. The highest BCUT2D eigenvalue weighted by atomic mass is 32.2. The van der Waals surface area contributed by atoms with E-state index < -0.39 is 10.0 Å². The lowest BCUT2D eigenvalue weighted by atomic mass is 9.99. The van der Waals surface area contributed by atoms with Gasteiger partial charge in [-0.25, -0.2) is 13.4 Å². The highest BCUT2D eigenvalue weighted by Crippen LogP contribution is 2.25. The summed E-state index contributed by atoms with van der Waals surface area (Å²) in [5.74, 6) is 1.37. The van der Waals surface area contributed by atoms with Crippen molar-refractivity contribution >= 4 is 27.0 Å². The van der Waals surface area contributed by atoms with E-state index in [1.807, 2.05) is 17.7 Å². The van der Waals surface area contributed by atoms with E-state index in [0.29, 0.717) is 42.3 Å². The van der Waals surface area contributed by atoms with Crippen LogP contribution in [0.2, 0.25) is 0 Å². The lowest BCUT2D eigenvalue weighted by Crippen LogP contribution is -2.35. The Morgan fingerprint density at radius 3 is 2.62 bits per heavy atom. The third kappa shape index (κ3) is 5.90. The molecule has 0 aliphatic carbocycles. The molecule has 1 N–H and O–H groups in total. The van der Waals surface area contributed by atoms with Crippen molar-refractivity contribution in [3.05, 3.63) is 24.0 Å². The van der Waals surface area contributed by atoms with Crippen LogP contribution in [-0.4, -0.2) is 47.8 Å². The van der Waals surface area contributed by atoms with Crippen LogP contribution in [0.25, 0.3) is 11.0 Å². The molecule has 1 aliphatic rings. The van der Waals surface area contributed by atoms with Gasteiger partial charge in [0.05, 0.1) is 15.9 Å². The van der Waals surface area contributed by atoms with Gasteiger partial charge in [0.25, 0.3) is 0 Å². The molecule has 32 heavy (non-hydrogen) atoms. The van der Waals surface area contributed by atoms with Gasteiger partial charge in [0, 0.05) is 39.5 Å². The quantitative estimate of drug-likeness (QED) is 0.547. The second-order valence-electron chi connectivity index (χ2n) is 8.92. The molecular weight excluding hydrogens is 424 g/mol. The van der Waals surface area contributed by atoms with Crippen LogP contribution in [0, 0.1) is 5.92 Å². The lowest BCUT2D eigenvalue weighted by Gasteiger charge is -2.25. The predicted octanol–water partition coefficient (Wildman–Crippen LogP) is 4.01. The van der Waals surface area contributed by atoms with E-state index >= 15 is 0 Å². The topological polar surface area (TPSA) is 84.3 Å². The molecule has 0 bridgehead atoms. The molecule has 1 aromatic heterocycles. The highest BCUT2D eigenvalue weighted by molar-refractivity contribution is 7.89. The summed E-state index contributed by atoms with van der Waals surface area (Å²) in [4.78, 5) is 17.3. The van der Waals surface area contributed by atoms with Crippen LogP contribution in [0.4, 0.5) is 0 Å². The maximum atomic E-state index is 13.0. The van der Waals surface area contributed by atoms with Crippen molar-refractivity contribution in [3.63, 3.8) is 0 Å². The largest absolute Gasteiger partial charge is 0.356 e. The van der Waals surface area contributed by atoms with Crippen LogP contribution in [0.5, 0.6) is 0 Å². The van der Waals surface area contributed by atoms with Crippen LogP contribution in [0.3, 0.4) is 0 Å². The van der Waals surface area contributed by atoms with Gasteiger partial charge in [0.15, 0.2) is 0 Å². The molecule has 7 nitrogen and oxygen atoms in total. The van der Waals surface area contributed by atoms with E-state index in [4.69, 9.17) is 0 Å². The first-order valence-corrected chi connectivity index (χ1v) is 13.5. The van der Waals surface area contributed by atoms with Gasteiger partial charge in [0.1, 0.15) is 5.82 Å². The summed E-state index contributed by atoms with van der Waals surface area (Å²) < 4.78 is 29.5. The average Bonchev–Trinajstić information content (AvgIpc) is 3.13. The van der Waals surface area contributed by atoms with Gasteiger partial charge in [0.2, 0.25) is 15.9 Å². The molecule has 1 saturated heterocycles. The van der Waals surface area contributed by atoms with Crippen LogP contribution in [0.15, 0.2) is 23.1 Å². The normalized spacial score (nSPS) is 16.3. The number of rotatable bonds is 11. The fraction of sp³-hybridized carbons (Fsp3) is 0.667. The lowest BCUT2D eigenvalue weighted by molar-refractivity contribution is -0.121. The molecule has 1 unspecified atom stereocenters. The number of imidazole rings is 1. The van der Waals surface area contributed by atoms with Crippen molar-refractivity contribution in [1.82, 2.24) is 19.2 Å². The molecule has 1 atom stereocenters. The van der Waals surface area contributed by atoms with E-state index in [9.17, 15) is 13.2 Å². The zero-order chi connectivity index (χ0) is 23.1. The van der Waals surface area contributed by atoms with E-state index in [0.717, 1.165) is 50.0 Å². The summed E-state index contributed by atoms with van der Waals surface area (Å²) >= 11 is 0. The fourth-order valence-electron chi connectivity index (χ4n) is 4.38. The first-order chi connectivity index (χ1) is 15.4. The number of aryl methyl sites for hydroxylation is 2. The Kier molecular flexibility index (Phi) is 8.71. The summed E-state index contributed by atoms with van der Waals surface area (Å²) in [6.45, 7) is 6.26. The number of unbranched alkanes of at least 4 members (excludes halogenated alkanes) is 1. The van der Waals surface area contributed by atoms with Crippen LogP contribution >= 0.6 is 0 Å². The molecule has 2 aromatic rings. The number of hydrogen-bond acceptors (Lipinski definition) is 4. The summed E-state index contributed by atoms with van der Waals surface area (Å²) in [6.07, 6.45) is 8.41. The number of carbonyl (C=O) groups is 1. The summed E-state index contributed by atoms with van der Waals surface area (Å²) in [5.41, 5.74) is 1.54. The average molecular weight is 463 g/mol. The van der Waals surface area contributed by atoms with Crippen molar-refractivity contribution in [2.45, 2.75) is 76.5 Å². The van der Waals surface area contributed by atoms with Gasteiger partial charge >= 0.3 is 0 Å². The van der Waals surface area contributed by atoms with E-state index in [2.05, 4.69) is 24.1 Å². The number of nitrogens with one attached hydrogen (secondary N) is 1. The number of aromatic nitrogens is 2. The molecule has 0 radical (unpaired) electrons. The Balaban J connectivity index is 1.64. The molecule has 1 fully saturated rings. The van der Waals surface area contributed by atoms with Gasteiger partial charge in [-0.15, -0.1) is 0 Å². The SMILES string of the molecule is CCCCC(CC)CNC(=O)CCc1nc2cc(S(=O)(=O)N3CCCCC3)ccc2n1C. The first kappa shape index (κ1) is 24.7. The number of hydrogen-bond donors (Lipinski definition) is 1. The number of nitrogens with zero attached hydrogens (tertiary/aromatic N) is 3. The Morgan fingerprint density at radius 2 is 1.94 bits per heavy atom. The molecule has 1 amide bonds. The third-order valence-electron chi connectivity index (χ3n) is 6.60. The number of amides is 1. The minimum Gasteiger partial charge on any atom is -0.356 e. The van der Waals surface area contributed by atoms with E-state index in [1.54, 1.807) is 16.4 Å². The number of fused-ring (bicyclic) bond motifs is 1. The van der Waals surface area contributed by atoms with Gasteiger partial charge < -0.3 is 9.88 Å². The Hall–Kier alpha value is -1.93. The molecule has 1 aliphatic heterocycles. The standard InChI is InChI=1S/C24H38N4O3S/c1-4-6-10-19(5-2)18-25-24(29)14-13-23-26-21-17-20(11-12-22(21)27(23)3)32(30,31)28-15-8-7-9-16-28/h11-12,17,19H,4-10,13-16,18H2,1-3H3,(H,25,29). The van der Waals surface area contributed by atoms with Crippen molar-refractivity contribution in [2.75, 3.05) is 19.6 Å². The third-order valence-corrected chi connectivity index (χ3v) is 8.50. The monoisotopic (exact) mass is 462 g/mol. The van der Waals surface area contributed by atoms with Gasteiger partial charge in [-0.05, 0) is 43.4 Å². The van der Waals surface area contributed by atoms with Crippen LogP contribution in [-0.2, 0) is 28.3 Å². The Morgan fingerprint density at radius 1 is 1.19 bits per heavy atom. The Labute approximate surface area is 192 Å². The van der Waals surface area contributed by atoms with Gasteiger partial charge in [-0.2, -0.15) is 4.31 Å². The van der Waals surface area contributed by atoms with Crippen molar-refractivity contribution in [1.29, 1.82) is 0 Å². The second-order valence-corrected chi connectivity index (χ2v) is 10.9. The van der Waals surface area contributed by atoms with Crippen LogP contribution in [0.1, 0.15) is 71.0 Å². The van der Waals surface area contributed by atoms with E-state index in [1.165, 1.54) is 12.8 Å². The molecule has 2 heterocycles. The first-order valence-electron chi connectivity index (χ1n) is 12.1. The zero-order valence-electron chi connectivity index (χ0n) is 19.8. The molecular formula is C24H38N4O3S. The number of benzene rings is 1. The van der Waals surface area contributed by atoms with Crippen molar-refractivity contribution in [3.8, 4) is 0 Å². The number of piperidine rings is 1. The molecule has 3 rings (SSSR count). The molecule has 178 valence electrons. The maximum Gasteiger partial charge on any atom is 0.243 e. The molecule has 0 spiro atoms. The second kappa shape index (κ2) is 11.3. The Bertz CT molecular complexity index is 1010. The maximum absolute atomic E-state index is 13.0. The van der Waals surface area contributed by atoms with Gasteiger partial charge in [-0.1, -0.05) is 39.5 Å². The fourth-order valence-corrected chi connectivity index (χ4v) is 5.92. The van der Waals surface area contributed by atoms with Gasteiger partial charge in [-0.3, -0.25) is 4.79 Å². The molecule has 0 saturated carbocycles. The summed E-state index contributed by atoms with van der Waals surface area (Å²) in [7, 11) is -1.57. The van der Waals surface area contributed by atoms with E-state index in [-0.39, 0.29) is 5.91 Å². The van der Waals surface area contributed by atoms with Crippen molar-refractivity contribution in [2.24, 2.45) is 13.0 Å². The number of sulfonamides is 1.